The van der Waals surface area contributed by atoms with E-state index in [2.05, 4.69) is 4.98 Å². The monoisotopic (exact) mass is 456 g/mol. The number of fused-ring (bicyclic) bond motifs is 3. The second-order valence-corrected chi connectivity index (χ2v) is 8.70. The van der Waals surface area contributed by atoms with E-state index in [9.17, 15) is 14.0 Å². The number of H-pyrrole nitrogens is 1. The highest BCUT2D eigenvalue weighted by atomic mass is 35.5. The zero-order chi connectivity index (χ0) is 22.4. The molecule has 2 aliphatic heterocycles. The number of ether oxygens (including phenoxy) is 2. The normalized spacial score (nSPS) is 21.0. The molecule has 1 aromatic heterocycles. The Morgan fingerprint density at radius 1 is 1.16 bits per heavy atom. The zero-order valence-corrected chi connectivity index (χ0v) is 18.2. The van der Waals surface area contributed by atoms with Gasteiger partial charge in [-0.2, -0.15) is 0 Å². The molecular formula is C24H22ClFN2O4. The van der Waals surface area contributed by atoms with Gasteiger partial charge in [-0.05, 0) is 61.5 Å². The molecule has 2 unspecified atom stereocenters. The van der Waals surface area contributed by atoms with Gasteiger partial charge in [0, 0.05) is 17.3 Å². The van der Waals surface area contributed by atoms with Crippen LogP contribution in [0.4, 0.5) is 4.39 Å². The zero-order valence-electron chi connectivity index (χ0n) is 17.4. The summed E-state index contributed by atoms with van der Waals surface area (Å²) in [7, 11) is 0. The van der Waals surface area contributed by atoms with Crippen LogP contribution in [0.25, 0.3) is 21.9 Å². The van der Waals surface area contributed by atoms with Crippen molar-refractivity contribution in [2.24, 2.45) is 0 Å². The Bertz CT molecular complexity index is 1240. The molecule has 0 spiro atoms. The van der Waals surface area contributed by atoms with Crippen molar-refractivity contribution in [3.63, 3.8) is 0 Å². The van der Waals surface area contributed by atoms with Crippen molar-refractivity contribution in [1.29, 1.82) is 0 Å². The summed E-state index contributed by atoms with van der Waals surface area (Å²) in [4.78, 5) is 30.2. The molecule has 3 heterocycles. The predicted octanol–water partition coefficient (Wildman–Crippen LogP) is 4.14. The average molecular weight is 457 g/mol. The number of hydrogen-bond donors (Lipinski definition) is 1. The number of benzene rings is 2. The molecule has 2 fully saturated rings. The first-order chi connectivity index (χ1) is 15.4. The Labute approximate surface area is 188 Å². The van der Waals surface area contributed by atoms with Crippen LogP contribution in [0.5, 0.6) is 5.75 Å². The molecule has 0 saturated carbocycles. The number of carbonyl (C=O) groups excluding carboxylic acids is 1. The van der Waals surface area contributed by atoms with Crippen LogP contribution in [-0.4, -0.2) is 47.2 Å². The Kier molecular flexibility index (Phi) is 5.39. The van der Waals surface area contributed by atoms with E-state index >= 15 is 0 Å². The lowest BCUT2D eigenvalue weighted by Crippen LogP contribution is -2.53. The van der Waals surface area contributed by atoms with E-state index in [0.29, 0.717) is 40.9 Å². The fourth-order valence-corrected chi connectivity index (χ4v) is 4.97. The summed E-state index contributed by atoms with van der Waals surface area (Å²) in [6.07, 6.45) is 2.76. The van der Waals surface area contributed by atoms with Gasteiger partial charge in [-0.1, -0.05) is 11.6 Å². The molecule has 8 heteroatoms. The van der Waals surface area contributed by atoms with Gasteiger partial charge in [0.25, 0.3) is 11.5 Å². The van der Waals surface area contributed by atoms with Crippen LogP contribution in [0.1, 0.15) is 19.8 Å². The first-order valence-electron chi connectivity index (χ1n) is 10.6. The van der Waals surface area contributed by atoms with Crippen molar-refractivity contribution in [3.05, 3.63) is 63.8 Å². The summed E-state index contributed by atoms with van der Waals surface area (Å²) in [6.45, 7) is 2.85. The maximum absolute atomic E-state index is 13.5. The first kappa shape index (κ1) is 21.0. The SMILES string of the molecule is C[C@@H](Oc1ccc2c(-c3ccc(F)cc3Cl)c[nH]c(=O)c2c1)C(=O)N1C2CCC1COC2. The van der Waals surface area contributed by atoms with Crippen LogP contribution < -0.4 is 10.3 Å². The lowest BCUT2D eigenvalue weighted by molar-refractivity contribution is -0.147. The summed E-state index contributed by atoms with van der Waals surface area (Å²) >= 11 is 6.23. The molecular weight excluding hydrogens is 435 g/mol. The molecule has 3 atom stereocenters. The quantitative estimate of drug-likeness (QED) is 0.640. The molecule has 2 saturated heterocycles. The molecule has 2 bridgehead atoms. The highest BCUT2D eigenvalue weighted by Crippen LogP contribution is 2.34. The maximum Gasteiger partial charge on any atom is 0.264 e. The summed E-state index contributed by atoms with van der Waals surface area (Å²) in [5, 5.41) is 1.30. The molecule has 0 radical (unpaired) electrons. The molecule has 2 aliphatic rings. The van der Waals surface area contributed by atoms with Gasteiger partial charge in [0.1, 0.15) is 11.6 Å². The topological polar surface area (TPSA) is 71.6 Å². The van der Waals surface area contributed by atoms with Gasteiger partial charge >= 0.3 is 0 Å². The number of nitrogens with one attached hydrogen (secondary N) is 1. The summed E-state index contributed by atoms with van der Waals surface area (Å²) in [5.74, 6) is -0.0796. The maximum atomic E-state index is 13.5. The molecule has 0 aliphatic carbocycles. The highest BCUT2D eigenvalue weighted by Gasteiger charge is 2.42. The number of rotatable bonds is 4. The Morgan fingerprint density at radius 3 is 2.62 bits per heavy atom. The second kappa shape index (κ2) is 8.22. The van der Waals surface area contributed by atoms with Crippen molar-refractivity contribution in [3.8, 4) is 16.9 Å². The van der Waals surface area contributed by atoms with Crippen molar-refractivity contribution in [1.82, 2.24) is 9.88 Å². The third-order valence-electron chi connectivity index (χ3n) is 6.25. The number of carbonyl (C=O) groups is 1. The fourth-order valence-electron chi connectivity index (χ4n) is 4.70. The molecule has 6 nitrogen and oxygen atoms in total. The van der Waals surface area contributed by atoms with Crippen LogP contribution in [0.3, 0.4) is 0 Å². The van der Waals surface area contributed by atoms with Crippen LogP contribution >= 0.6 is 11.6 Å². The molecule has 32 heavy (non-hydrogen) atoms. The third kappa shape index (κ3) is 3.65. The van der Waals surface area contributed by atoms with Crippen LogP contribution in [0.2, 0.25) is 5.02 Å². The molecule has 5 rings (SSSR count). The number of amides is 1. The lowest BCUT2D eigenvalue weighted by atomic mass is 10.0. The average Bonchev–Trinajstić information content (AvgIpc) is 3.02. The number of aromatic nitrogens is 1. The smallest absolute Gasteiger partial charge is 0.264 e. The van der Waals surface area contributed by atoms with E-state index in [-0.39, 0.29) is 28.6 Å². The molecule has 2 aromatic carbocycles. The summed E-state index contributed by atoms with van der Waals surface area (Å²) in [5.41, 5.74) is 0.983. The van der Waals surface area contributed by atoms with Crippen LogP contribution in [-0.2, 0) is 9.53 Å². The van der Waals surface area contributed by atoms with E-state index in [1.165, 1.54) is 12.1 Å². The van der Waals surface area contributed by atoms with Crippen molar-refractivity contribution in [2.45, 2.75) is 38.0 Å². The van der Waals surface area contributed by atoms with Gasteiger partial charge in [-0.3, -0.25) is 9.59 Å². The minimum Gasteiger partial charge on any atom is -0.481 e. The Morgan fingerprint density at radius 2 is 1.91 bits per heavy atom. The van der Waals surface area contributed by atoms with E-state index < -0.39 is 11.9 Å². The molecule has 166 valence electrons. The number of morpholine rings is 1. The van der Waals surface area contributed by atoms with Crippen molar-refractivity contribution < 1.29 is 18.7 Å². The molecule has 3 aromatic rings. The van der Waals surface area contributed by atoms with Gasteiger partial charge < -0.3 is 19.4 Å². The summed E-state index contributed by atoms with van der Waals surface area (Å²) < 4.78 is 25.0. The number of nitrogens with zero attached hydrogens (tertiary/aromatic N) is 1. The van der Waals surface area contributed by atoms with Gasteiger partial charge in [-0.15, -0.1) is 0 Å². The van der Waals surface area contributed by atoms with Gasteiger partial charge in [0.2, 0.25) is 0 Å². The van der Waals surface area contributed by atoms with Gasteiger partial charge in [0.15, 0.2) is 6.10 Å². The van der Waals surface area contributed by atoms with E-state index in [4.69, 9.17) is 21.1 Å². The highest BCUT2D eigenvalue weighted by molar-refractivity contribution is 6.33. The number of pyridine rings is 1. The van der Waals surface area contributed by atoms with Crippen molar-refractivity contribution >= 4 is 28.3 Å². The number of aromatic amines is 1. The van der Waals surface area contributed by atoms with Gasteiger partial charge in [0.05, 0.1) is 35.7 Å². The Balaban J connectivity index is 1.44. The van der Waals surface area contributed by atoms with E-state index in [0.717, 1.165) is 12.8 Å². The first-order valence-corrected chi connectivity index (χ1v) is 11.0. The minimum atomic E-state index is -0.692. The molecule has 1 amide bonds. The largest absolute Gasteiger partial charge is 0.481 e. The predicted molar refractivity (Wildman–Crippen MR) is 120 cm³/mol. The second-order valence-electron chi connectivity index (χ2n) is 8.29. The summed E-state index contributed by atoms with van der Waals surface area (Å²) in [6, 6.07) is 9.44. The third-order valence-corrected chi connectivity index (χ3v) is 6.56. The minimum absolute atomic E-state index is 0.0679. The van der Waals surface area contributed by atoms with Crippen molar-refractivity contribution in [2.75, 3.05) is 13.2 Å². The van der Waals surface area contributed by atoms with E-state index in [1.807, 2.05) is 4.90 Å². The van der Waals surface area contributed by atoms with Gasteiger partial charge in [-0.25, -0.2) is 4.39 Å². The Hall–Kier alpha value is -2.90. The molecule has 1 N–H and O–H groups in total. The van der Waals surface area contributed by atoms with Crippen LogP contribution in [0.15, 0.2) is 47.4 Å². The standard InChI is InChI=1S/C24H22ClFN2O4/c1-13(24(30)28-15-3-4-16(28)12-31-11-15)32-17-5-7-18-20(9-17)23(29)27-10-21(18)19-6-2-14(26)8-22(19)25/h2,5-10,13,15-16H,3-4,11-12H2,1H3,(H,27,29)/t13-,15?,16?/m1/s1. The van der Waals surface area contributed by atoms with E-state index in [1.54, 1.807) is 37.4 Å². The number of hydrogen-bond acceptors (Lipinski definition) is 4. The number of halogens is 2. The van der Waals surface area contributed by atoms with Crippen LogP contribution in [0, 0.1) is 5.82 Å². The lowest BCUT2D eigenvalue weighted by Gasteiger charge is -2.36. The fraction of sp³-hybridized carbons (Fsp3) is 0.333.